The van der Waals surface area contributed by atoms with Crippen LogP contribution in [-0.4, -0.2) is 38.8 Å². The van der Waals surface area contributed by atoms with Crippen LogP contribution < -0.4 is 0 Å². The van der Waals surface area contributed by atoms with Crippen LogP contribution in [0.3, 0.4) is 0 Å². The molecule has 1 aromatic rings. The van der Waals surface area contributed by atoms with Crippen molar-refractivity contribution in [2.75, 3.05) is 12.8 Å². The van der Waals surface area contributed by atoms with Crippen LogP contribution in [0.1, 0.15) is 31.6 Å². The number of likely N-dealkylation sites (tertiary alicyclic amines) is 1. The Hall–Kier alpha value is -0.970. The number of H-pyrrole nitrogens is 1. The molecule has 1 N–H and O–H groups in total. The molecular weight excluding hydrogens is 222 g/mol. The molecule has 0 aliphatic carbocycles. The van der Waals surface area contributed by atoms with Crippen LogP contribution >= 0.6 is 11.8 Å². The molecule has 1 fully saturated rings. The first-order valence-corrected chi connectivity index (χ1v) is 6.85. The molecule has 0 bridgehead atoms. The minimum atomic E-state index is 0.0376. The zero-order chi connectivity index (χ0) is 11.5. The summed E-state index contributed by atoms with van der Waals surface area (Å²) < 4.78 is 0. The molecule has 1 aliphatic heterocycles. The molecule has 4 nitrogen and oxygen atoms in total. The first kappa shape index (κ1) is 11.5. The van der Waals surface area contributed by atoms with E-state index >= 15 is 0 Å². The summed E-state index contributed by atoms with van der Waals surface area (Å²) in [6, 6.07) is 0.150. The van der Waals surface area contributed by atoms with Crippen molar-refractivity contribution in [3.05, 3.63) is 18.2 Å². The lowest BCUT2D eigenvalue weighted by Crippen LogP contribution is -2.36. The Morgan fingerprint density at radius 2 is 2.56 bits per heavy atom. The van der Waals surface area contributed by atoms with E-state index in [-0.39, 0.29) is 17.2 Å². The highest BCUT2D eigenvalue weighted by Crippen LogP contribution is 2.31. The van der Waals surface area contributed by atoms with Gasteiger partial charge < -0.3 is 9.88 Å². The van der Waals surface area contributed by atoms with E-state index in [9.17, 15) is 4.79 Å². The Morgan fingerprint density at radius 3 is 3.19 bits per heavy atom. The van der Waals surface area contributed by atoms with Crippen LogP contribution in [0.25, 0.3) is 0 Å². The molecule has 2 rings (SSSR count). The molecule has 16 heavy (non-hydrogen) atoms. The number of nitrogens with one attached hydrogen (secondary N) is 1. The van der Waals surface area contributed by atoms with E-state index in [1.165, 1.54) is 0 Å². The summed E-state index contributed by atoms with van der Waals surface area (Å²) in [4.78, 5) is 21.5. The van der Waals surface area contributed by atoms with E-state index in [1.54, 1.807) is 18.0 Å². The average molecular weight is 239 g/mol. The van der Waals surface area contributed by atoms with Crippen molar-refractivity contribution in [2.24, 2.45) is 0 Å². The maximum absolute atomic E-state index is 12.1. The largest absolute Gasteiger partial charge is 0.347 e. The van der Waals surface area contributed by atoms with E-state index in [0.717, 1.165) is 25.2 Å². The smallest absolute Gasteiger partial charge is 0.236 e. The summed E-state index contributed by atoms with van der Waals surface area (Å²) in [5.74, 6) is 1.14. The molecule has 2 atom stereocenters. The van der Waals surface area contributed by atoms with E-state index in [4.69, 9.17) is 0 Å². The molecule has 1 saturated heterocycles. The highest BCUT2D eigenvalue weighted by atomic mass is 32.2. The molecule has 0 spiro atoms. The van der Waals surface area contributed by atoms with Gasteiger partial charge >= 0.3 is 0 Å². The van der Waals surface area contributed by atoms with Crippen molar-refractivity contribution < 1.29 is 4.79 Å². The second kappa shape index (κ2) is 4.91. The van der Waals surface area contributed by atoms with Crippen molar-refractivity contribution in [3.8, 4) is 0 Å². The van der Waals surface area contributed by atoms with Crippen LogP contribution in [0.2, 0.25) is 0 Å². The van der Waals surface area contributed by atoms with E-state index in [1.807, 2.05) is 24.3 Å². The van der Waals surface area contributed by atoms with Crippen LogP contribution in [-0.2, 0) is 4.79 Å². The molecule has 0 radical (unpaired) electrons. The number of thioether (sulfide) groups is 1. The van der Waals surface area contributed by atoms with Gasteiger partial charge in [-0.25, -0.2) is 4.98 Å². The molecule has 1 aromatic heterocycles. The number of nitrogens with zero attached hydrogens (tertiary/aromatic N) is 2. The summed E-state index contributed by atoms with van der Waals surface area (Å²) in [5.41, 5.74) is 0. The van der Waals surface area contributed by atoms with Crippen molar-refractivity contribution in [1.82, 2.24) is 14.9 Å². The highest BCUT2D eigenvalue weighted by molar-refractivity contribution is 7.99. The van der Waals surface area contributed by atoms with Crippen molar-refractivity contribution in [2.45, 2.75) is 31.1 Å². The van der Waals surface area contributed by atoms with Crippen LogP contribution in [0.4, 0.5) is 0 Å². The predicted molar refractivity (Wildman–Crippen MR) is 65.3 cm³/mol. The number of hydrogen-bond acceptors (Lipinski definition) is 3. The Bertz CT molecular complexity index is 352. The number of rotatable bonds is 3. The average Bonchev–Trinajstić information content (AvgIpc) is 2.95. The lowest BCUT2D eigenvalue weighted by atomic mass is 10.2. The number of aromatic nitrogens is 2. The van der Waals surface area contributed by atoms with Gasteiger partial charge in [0, 0.05) is 18.9 Å². The maximum atomic E-state index is 12.1. The minimum absolute atomic E-state index is 0.0376. The van der Waals surface area contributed by atoms with E-state index in [0.29, 0.717) is 0 Å². The van der Waals surface area contributed by atoms with Crippen LogP contribution in [0.5, 0.6) is 0 Å². The number of aromatic amines is 1. The van der Waals surface area contributed by atoms with Gasteiger partial charge in [0.15, 0.2) is 0 Å². The fraction of sp³-hybridized carbons (Fsp3) is 0.636. The highest BCUT2D eigenvalue weighted by Gasteiger charge is 2.33. The number of hydrogen-bond donors (Lipinski definition) is 1. The molecule has 0 unspecified atom stereocenters. The second-order valence-electron chi connectivity index (χ2n) is 4.04. The molecule has 0 aromatic carbocycles. The summed E-state index contributed by atoms with van der Waals surface area (Å²) in [6.45, 7) is 2.82. The van der Waals surface area contributed by atoms with Gasteiger partial charge in [0.1, 0.15) is 5.82 Å². The normalized spacial score (nSPS) is 22.4. The zero-order valence-corrected chi connectivity index (χ0v) is 10.5. The van der Waals surface area contributed by atoms with Crippen molar-refractivity contribution in [1.29, 1.82) is 0 Å². The zero-order valence-electron chi connectivity index (χ0n) is 9.64. The molecule has 5 heteroatoms. The summed E-state index contributed by atoms with van der Waals surface area (Å²) in [6.07, 6.45) is 7.61. The Morgan fingerprint density at radius 1 is 1.75 bits per heavy atom. The third-order valence-corrected chi connectivity index (χ3v) is 3.98. The minimum Gasteiger partial charge on any atom is -0.347 e. The van der Waals surface area contributed by atoms with Gasteiger partial charge in [0.05, 0.1) is 11.3 Å². The molecule has 88 valence electrons. The number of amides is 1. The second-order valence-corrected chi connectivity index (χ2v) is 5.22. The van der Waals surface area contributed by atoms with Gasteiger partial charge in [-0.15, -0.1) is 0 Å². The molecular formula is C11H17N3OS. The quantitative estimate of drug-likeness (QED) is 0.875. The topological polar surface area (TPSA) is 49.0 Å². The van der Waals surface area contributed by atoms with Crippen molar-refractivity contribution >= 4 is 17.7 Å². The third kappa shape index (κ3) is 2.09. The SMILES string of the molecule is CS[C@@H](C)C(=O)N1CCC[C@@H]1c1ncc[nH]1. The van der Waals surface area contributed by atoms with Gasteiger partial charge in [-0.2, -0.15) is 11.8 Å². The number of carbonyl (C=O) groups excluding carboxylic acids is 1. The lowest BCUT2D eigenvalue weighted by molar-refractivity contribution is -0.131. The van der Waals surface area contributed by atoms with Gasteiger partial charge in [-0.1, -0.05) is 0 Å². The van der Waals surface area contributed by atoms with Crippen LogP contribution in [0, 0.1) is 0 Å². The molecule has 1 amide bonds. The van der Waals surface area contributed by atoms with E-state index < -0.39 is 0 Å². The predicted octanol–water partition coefficient (Wildman–Crippen LogP) is 1.82. The number of carbonyl (C=O) groups is 1. The first-order chi connectivity index (χ1) is 7.74. The number of imidazole rings is 1. The fourth-order valence-corrected chi connectivity index (χ4v) is 2.45. The van der Waals surface area contributed by atoms with Crippen LogP contribution in [0.15, 0.2) is 12.4 Å². The Labute approximate surface area is 99.8 Å². The third-order valence-electron chi connectivity index (χ3n) is 3.07. The van der Waals surface area contributed by atoms with Gasteiger partial charge in [-0.05, 0) is 26.0 Å². The van der Waals surface area contributed by atoms with Gasteiger partial charge in [-0.3, -0.25) is 4.79 Å². The molecule has 2 heterocycles. The first-order valence-electron chi connectivity index (χ1n) is 5.56. The summed E-state index contributed by atoms with van der Waals surface area (Å²) in [5, 5.41) is 0.0376. The van der Waals surface area contributed by atoms with E-state index in [2.05, 4.69) is 9.97 Å². The van der Waals surface area contributed by atoms with Crippen molar-refractivity contribution in [3.63, 3.8) is 0 Å². The van der Waals surface area contributed by atoms with Gasteiger partial charge in [0.2, 0.25) is 5.91 Å². The Balaban J connectivity index is 2.12. The standard InChI is InChI=1S/C11H17N3OS/c1-8(16-2)11(15)14-7-3-4-9(14)10-12-5-6-13-10/h5-6,8-9H,3-4,7H2,1-2H3,(H,12,13)/t8-,9+/m0/s1. The summed E-state index contributed by atoms with van der Waals surface area (Å²) >= 11 is 1.60. The monoisotopic (exact) mass is 239 g/mol. The van der Waals surface area contributed by atoms with Gasteiger partial charge in [0.25, 0.3) is 0 Å². The fourth-order valence-electron chi connectivity index (χ4n) is 2.11. The Kier molecular flexibility index (Phi) is 3.53. The lowest BCUT2D eigenvalue weighted by Gasteiger charge is -2.25. The maximum Gasteiger partial charge on any atom is 0.236 e. The summed E-state index contributed by atoms with van der Waals surface area (Å²) in [7, 11) is 0. The molecule has 0 saturated carbocycles. The molecule has 1 aliphatic rings.